The molecule has 1 aromatic rings. The summed E-state index contributed by atoms with van der Waals surface area (Å²) in [5.41, 5.74) is 0.425. The molecule has 1 heterocycles. The molecule has 0 bridgehead atoms. The summed E-state index contributed by atoms with van der Waals surface area (Å²) in [4.78, 5) is 28.9. The van der Waals surface area contributed by atoms with Gasteiger partial charge in [0.25, 0.3) is 5.91 Å². The van der Waals surface area contributed by atoms with E-state index in [4.69, 9.17) is 5.11 Å². The van der Waals surface area contributed by atoms with Crippen LogP contribution in [0.5, 0.6) is 0 Å². The van der Waals surface area contributed by atoms with Gasteiger partial charge in [-0.1, -0.05) is 0 Å². The monoisotopic (exact) mass is 274 g/mol. The van der Waals surface area contributed by atoms with E-state index in [1.54, 1.807) is 6.07 Å². The molecule has 106 valence electrons. The summed E-state index contributed by atoms with van der Waals surface area (Å²) < 4.78 is 0. The third kappa shape index (κ3) is 2.53. The molecule has 3 rings (SSSR count). The average molecular weight is 274 g/mol. The SMILES string of the molecule is CN(C(=O)c1ccc(C(=O)O)nc1)C(C1CC1)C1CC1. The second kappa shape index (κ2) is 4.89. The Morgan fingerprint density at radius 3 is 2.25 bits per heavy atom. The van der Waals surface area contributed by atoms with Crippen molar-refractivity contribution in [1.82, 2.24) is 9.88 Å². The number of aromatic nitrogens is 1. The second-order valence-electron chi connectivity index (χ2n) is 5.82. The summed E-state index contributed by atoms with van der Waals surface area (Å²) in [5, 5.41) is 8.82. The summed E-state index contributed by atoms with van der Waals surface area (Å²) in [6.07, 6.45) is 6.23. The summed E-state index contributed by atoms with van der Waals surface area (Å²) in [7, 11) is 1.86. The number of nitrogens with zero attached hydrogens (tertiary/aromatic N) is 2. The van der Waals surface area contributed by atoms with Crippen molar-refractivity contribution in [3.63, 3.8) is 0 Å². The zero-order valence-electron chi connectivity index (χ0n) is 11.5. The Kier molecular flexibility index (Phi) is 3.20. The standard InChI is InChI=1S/C15H18N2O3/c1-17(13(9-2-3-9)10-4-5-10)14(18)11-6-7-12(15(19)20)16-8-11/h6-10,13H,2-5H2,1H3,(H,19,20). The first-order valence-corrected chi connectivity index (χ1v) is 7.04. The fourth-order valence-electron chi connectivity index (χ4n) is 2.88. The van der Waals surface area contributed by atoms with Crippen LogP contribution in [0.1, 0.15) is 46.5 Å². The van der Waals surface area contributed by atoms with Crippen LogP contribution in [0.15, 0.2) is 18.3 Å². The molecule has 1 amide bonds. The second-order valence-corrected chi connectivity index (χ2v) is 5.82. The van der Waals surface area contributed by atoms with Gasteiger partial charge in [0, 0.05) is 19.3 Å². The van der Waals surface area contributed by atoms with Crippen LogP contribution in [0.3, 0.4) is 0 Å². The maximum atomic E-state index is 12.5. The Hall–Kier alpha value is -1.91. The largest absolute Gasteiger partial charge is 0.477 e. The van der Waals surface area contributed by atoms with E-state index in [-0.39, 0.29) is 11.6 Å². The molecule has 2 aliphatic carbocycles. The number of rotatable bonds is 5. The first-order valence-electron chi connectivity index (χ1n) is 7.04. The van der Waals surface area contributed by atoms with E-state index in [1.165, 1.54) is 37.9 Å². The highest BCUT2D eigenvalue weighted by atomic mass is 16.4. The number of carboxylic acids is 1. The number of amides is 1. The van der Waals surface area contributed by atoms with Crippen molar-refractivity contribution >= 4 is 11.9 Å². The minimum atomic E-state index is -1.08. The normalized spacial score (nSPS) is 18.1. The van der Waals surface area contributed by atoms with Crippen molar-refractivity contribution in [1.29, 1.82) is 0 Å². The van der Waals surface area contributed by atoms with Gasteiger partial charge in [0.05, 0.1) is 5.56 Å². The number of hydrogen-bond acceptors (Lipinski definition) is 3. The van der Waals surface area contributed by atoms with Crippen LogP contribution in [0.25, 0.3) is 0 Å². The highest BCUT2D eigenvalue weighted by Gasteiger charge is 2.45. The smallest absolute Gasteiger partial charge is 0.354 e. The lowest BCUT2D eigenvalue weighted by Gasteiger charge is -2.28. The molecule has 0 aliphatic heterocycles. The van der Waals surface area contributed by atoms with Crippen molar-refractivity contribution in [2.45, 2.75) is 31.7 Å². The number of carboxylic acid groups (broad SMARTS) is 1. The maximum Gasteiger partial charge on any atom is 0.354 e. The van der Waals surface area contributed by atoms with E-state index in [0.29, 0.717) is 23.4 Å². The molecular weight excluding hydrogens is 256 g/mol. The fourth-order valence-corrected chi connectivity index (χ4v) is 2.88. The molecule has 2 aliphatic rings. The molecule has 5 nitrogen and oxygen atoms in total. The van der Waals surface area contributed by atoms with Crippen LogP contribution in [-0.4, -0.2) is 40.0 Å². The quantitative estimate of drug-likeness (QED) is 0.892. The van der Waals surface area contributed by atoms with E-state index in [0.717, 1.165) is 0 Å². The number of hydrogen-bond donors (Lipinski definition) is 1. The van der Waals surface area contributed by atoms with Crippen LogP contribution in [0, 0.1) is 11.8 Å². The molecule has 1 N–H and O–H groups in total. The van der Waals surface area contributed by atoms with Crippen molar-refractivity contribution in [3.05, 3.63) is 29.6 Å². The van der Waals surface area contributed by atoms with Gasteiger partial charge >= 0.3 is 5.97 Å². The molecule has 0 unspecified atom stereocenters. The van der Waals surface area contributed by atoms with Crippen molar-refractivity contribution in [2.24, 2.45) is 11.8 Å². The van der Waals surface area contributed by atoms with Crippen LogP contribution < -0.4 is 0 Å². The Balaban J connectivity index is 1.75. The van der Waals surface area contributed by atoms with Crippen molar-refractivity contribution < 1.29 is 14.7 Å². The predicted octanol–water partition coefficient (Wildman–Crippen LogP) is 2.04. The third-order valence-corrected chi connectivity index (χ3v) is 4.21. The van der Waals surface area contributed by atoms with Gasteiger partial charge < -0.3 is 10.0 Å². The lowest BCUT2D eigenvalue weighted by molar-refractivity contribution is 0.0675. The average Bonchev–Trinajstić information content (AvgIpc) is 3.32. The minimum Gasteiger partial charge on any atom is -0.477 e. The van der Waals surface area contributed by atoms with Crippen molar-refractivity contribution in [2.75, 3.05) is 7.05 Å². The van der Waals surface area contributed by atoms with Gasteiger partial charge in [-0.2, -0.15) is 0 Å². The molecular formula is C15H18N2O3. The topological polar surface area (TPSA) is 70.5 Å². The van der Waals surface area contributed by atoms with Crippen LogP contribution in [-0.2, 0) is 0 Å². The molecule has 0 aromatic carbocycles. The summed E-state index contributed by atoms with van der Waals surface area (Å²) in [5.74, 6) is 0.176. The number of aromatic carboxylic acids is 1. The summed E-state index contributed by atoms with van der Waals surface area (Å²) >= 11 is 0. The van der Waals surface area contributed by atoms with Gasteiger partial charge in [-0.05, 0) is 49.7 Å². The molecule has 0 radical (unpaired) electrons. The number of carbonyl (C=O) groups excluding carboxylic acids is 1. The zero-order chi connectivity index (χ0) is 14.3. The molecule has 2 fully saturated rings. The lowest BCUT2D eigenvalue weighted by atomic mass is 10.0. The van der Waals surface area contributed by atoms with Gasteiger partial charge in [-0.3, -0.25) is 4.79 Å². The van der Waals surface area contributed by atoms with Crippen molar-refractivity contribution in [3.8, 4) is 0 Å². The van der Waals surface area contributed by atoms with Crippen LogP contribution in [0.2, 0.25) is 0 Å². The fraction of sp³-hybridized carbons (Fsp3) is 0.533. The Morgan fingerprint density at radius 2 is 1.85 bits per heavy atom. The lowest BCUT2D eigenvalue weighted by Crippen LogP contribution is -2.40. The summed E-state index contributed by atoms with van der Waals surface area (Å²) in [6, 6.07) is 3.28. The van der Waals surface area contributed by atoms with Gasteiger partial charge in [-0.15, -0.1) is 0 Å². The van der Waals surface area contributed by atoms with Gasteiger partial charge in [0.2, 0.25) is 0 Å². The first-order chi connectivity index (χ1) is 9.58. The van der Waals surface area contributed by atoms with Crippen LogP contribution in [0.4, 0.5) is 0 Å². The molecule has 0 atom stereocenters. The number of carbonyl (C=O) groups is 2. The van der Waals surface area contributed by atoms with E-state index in [1.807, 2.05) is 11.9 Å². The Bertz CT molecular complexity index is 521. The highest BCUT2D eigenvalue weighted by molar-refractivity contribution is 5.95. The van der Waals surface area contributed by atoms with E-state index in [2.05, 4.69) is 4.98 Å². The molecule has 0 spiro atoms. The molecule has 1 aromatic heterocycles. The predicted molar refractivity (Wildman–Crippen MR) is 72.5 cm³/mol. The molecule has 2 saturated carbocycles. The van der Waals surface area contributed by atoms with E-state index < -0.39 is 5.97 Å². The maximum absolute atomic E-state index is 12.5. The van der Waals surface area contributed by atoms with Crippen LogP contribution >= 0.6 is 0 Å². The van der Waals surface area contributed by atoms with Gasteiger partial charge in [0.1, 0.15) is 5.69 Å². The van der Waals surface area contributed by atoms with Gasteiger partial charge in [0.15, 0.2) is 0 Å². The van der Waals surface area contributed by atoms with E-state index >= 15 is 0 Å². The zero-order valence-corrected chi connectivity index (χ0v) is 11.5. The summed E-state index contributed by atoms with van der Waals surface area (Å²) in [6.45, 7) is 0. The third-order valence-electron chi connectivity index (χ3n) is 4.21. The Morgan fingerprint density at radius 1 is 1.25 bits per heavy atom. The van der Waals surface area contributed by atoms with Gasteiger partial charge in [-0.25, -0.2) is 9.78 Å². The molecule has 0 saturated heterocycles. The molecule has 5 heteroatoms. The number of pyridine rings is 1. The van der Waals surface area contributed by atoms with E-state index in [9.17, 15) is 9.59 Å². The minimum absolute atomic E-state index is 0.0369. The molecule has 20 heavy (non-hydrogen) atoms. The Labute approximate surface area is 117 Å². The highest BCUT2D eigenvalue weighted by Crippen LogP contribution is 2.47. The first kappa shape index (κ1) is 13.1.